The smallest absolute Gasteiger partial charge is 0.0273 e. The predicted octanol–water partition coefficient (Wildman–Crippen LogP) is 6.65. The maximum absolute atomic E-state index is 4.19. The quantitative estimate of drug-likeness (QED) is 0.407. The van der Waals surface area contributed by atoms with Crippen LogP contribution in [0.3, 0.4) is 0 Å². The summed E-state index contributed by atoms with van der Waals surface area (Å²) in [6, 6.07) is 30.1. The maximum Gasteiger partial charge on any atom is 0.0273 e. The van der Waals surface area contributed by atoms with Crippen LogP contribution in [0.15, 0.2) is 97.3 Å². The normalized spacial score (nSPS) is 10.7. The van der Waals surface area contributed by atoms with Crippen LogP contribution < -0.4 is 0 Å². The zero-order valence-corrected chi connectivity index (χ0v) is 14.9. The largest absolute Gasteiger partial charge is 0.265 e. The van der Waals surface area contributed by atoms with Crippen LogP contribution in [-0.4, -0.2) is 4.98 Å². The van der Waals surface area contributed by atoms with E-state index in [1.165, 1.54) is 38.9 Å². The van der Waals surface area contributed by atoms with Gasteiger partial charge in [0.25, 0.3) is 0 Å². The monoisotopic (exact) mass is 335 g/mol. The fourth-order valence-corrected chi connectivity index (χ4v) is 3.57. The Morgan fingerprint density at radius 2 is 1.23 bits per heavy atom. The van der Waals surface area contributed by atoms with Gasteiger partial charge in [0.1, 0.15) is 0 Å². The zero-order valence-electron chi connectivity index (χ0n) is 14.9. The van der Waals surface area contributed by atoms with E-state index >= 15 is 0 Å². The van der Waals surface area contributed by atoms with Crippen molar-refractivity contribution in [2.24, 2.45) is 0 Å². The average molecular weight is 335 g/mol. The summed E-state index contributed by atoms with van der Waals surface area (Å²) in [6.07, 6.45) is 4.74. The molecule has 3 aromatic carbocycles. The van der Waals surface area contributed by atoms with Crippen LogP contribution in [-0.2, 0) is 6.42 Å². The second kappa shape index (κ2) is 7.37. The number of pyridine rings is 1. The molecule has 0 N–H and O–H groups in total. The number of hydrogen-bond donors (Lipinski definition) is 0. The van der Waals surface area contributed by atoms with Crippen LogP contribution in [0.5, 0.6) is 0 Å². The third-order valence-corrected chi connectivity index (χ3v) is 4.80. The van der Waals surface area contributed by atoms with E-state index in [4.69, 9.17) is 0 Å². The van der Waals surface area contributed by atoms with E-state index in [1.807, 2.05) is 12.4 Å². The van der Waals surface area contributed by atoms with Crippen LogP contribution in [0.1, 0.15) is 12.5 Å². The summed E-state index contributed by atoms with van der Waals surface area (Å²) in [6.45, 7) is 2.22. The highest BCUT2D eigenvalue weighted by atomic mass is 14.6. The van der Waals surface area contributed by atoms with Gasteiger partial charge in [-0.25, -0.2) is 0 Å². The molecule has 0 saturated carbocycles. The summed E-state index contributed by atoms with van der Waals surface area (Å²) in [7, 11) is 0. The van der Waals surface area contributed by atoms with E-state index in [2.05, 4.69) is 96.8 Å². The number of benzene rings is 3. The Kier molecular flexibility index (Phi) is 4.61. The molecule has 0 bridgehead atoms. The van der Waals surface area contributed by atoms with Gasteiger partial charge in [-0.3, -0.25) is 4.98 Å². The number of aromatic nitrogens is 1. The van der Waals surface area contributed by atoms with Crippen LogP contribution in [0, 0.1) is 0 Å². The molecule has 1 heteroatoms. The van der Waals surface area contributed by atoms with Crippen LogP contribution in [0.25, 0.3) is 33.4 Å². The Labute approximate surface area is 155 Å². The van der Waals surface area contributed by atoms with Gasteiger partial charge < -0.3 is 0 Å². The lowest BCUT2D eigenvalue weighted by Gasteiger charge is -2.17. The van der Waals surface area contributed by atoms with Crippen molar-refractivity contribution in [2.45, 2.75) is 13.3 Å². The minimum absolute atomic E-state index is 0.999. The van der Waals surface area contributed by atoms with Gasteiger partial charge >= 0.3 is 0 Å². The highest BCUT2D eigenvalue weighted by Crippen LogP contribution is 2.39. The van der Waals surface area contributed by atoms with Gasteiger partial charge in [0, 0.05) is 12.4 Å². The molecule has 0 aliphatic rings. The summed E-state index contributed by atoms with van der Waals surface area (Å²) in [4.78, 5) is 4.19. The van der Waals surface area contributed by atoms with Crippen LogP contribution >= 0.6 is 0 Å². The molecule has 1 heterocycles. The van der Waals surface area contributed by atoms with Crippen molar-refractivity contribution >= 4 is 0 Å². The lowest BCUT2D eigenvalue weighted by Crippen LogP contribution is -1.94. The van der Waals surface area contributed by atoms with Crippen molar-refractivity contribution in [3.8, 4) is 33.4 Å². The highest BCUT2D eigenvalue weighted by Gasteiger charge is 2.14. The maximum atomic E-state index is 4.19. The Balaban J connectivity index is 1.99. The Hall–Kier alpha value is -3.19. The second-order valence-corrected chi connectivity index (χ2v) is 6.34. The minimum atomic E-state index is 0.999. The molecule has 126 valence electrons. The molecule has 0 fully saturated rings. The van der Waals surface area contributed by atoms with Crippen molar-refractivity contribution < 1.29 is 0 Å². The van der Waals surface area contributed by atoms with Gasteiger partial charge in [0.15, 0.2) is 0 Å². The first-order chi connectivity index (χ1) is 12.9. The first-order valence-corrected chi connectivity index (χ1v) is 9.05. The van der Waals surface area contributed by atoms with E-state index in [0.29, 0.717) is 0 Å². The molecular formula is C25H21N. The van der Waals surface area contributed by atoms with E-state index in [9.17, 15) is 0 Å². The molecular weight excluding hydrogens is 314 g/mol. The lowest BCUT2D eigenvalue weighted by molar-refractivity contribution is 1.14. The number of nitrogens with zero attached hydrogens (tertiary/aromatic N) is 1. The molecule has 0 aliphatic carbocycles. The first kappa shape index (κ1) is 16.3. The van der Waals surface area contributed by atoms with Crippen molar-refractivity contribution in [1.29, 1.82) is 0 Å². The van der Waals surface area contributed by atoms with Crippen molar-refractivity contribution in [3.63, 3.8) is 0 Å². The number of hydrogen-bond acceptors (Lipinski definition) is 1. The third kappa shape index (κ3) is 3.04. The summed E-state index contributed by atoms with van der Waals surface area (Å²) in [5.41, 5.74) is 8.92. The Bertz CT molecular complexity index is 1000. The van der Waals surface area contributed by atoms with Crippen LogP contribution in [0.4, 0.5) is 0 Å². The molecule has 0 amide bonds. The van der Waals surface area contributed by atoms with Crippen molar-refractivity contribution in [3.05, 3.63) is 103 Å². The summed E-state index contributed by atoms with van der Waals surface area (Å²) in [5, 5.41) is 0. The molecule has 1 aromatic heterocycles. The van der Waals surface area contributed by atoms with Crippen molar-refractivity contribution in [1.82, 2.24) is 4.98 Å². The number of rotatable bonds is 4. The third-order valence-electron chi connectivity index (χ3n) is 4.80. The molecule has 0 radical (unpaired) electrons. The van der Waals surface area contributed by atoms with E-state index in [1.54, 1.807) is 0 Å². The molecule has 0 aliphatic heterocycles. The Morgan fingerprint density at radius 1 is 0.577 bits per heavy atom. The van der Waals surface area contributed by atoms with Crippen molar-refractivity contribution in [2.75, 3.05) is 0 Å². The summed E-state index contributed by atoms with van der Waals surface area (Å²) in [5.74, 6) is 0. The lowest BCUT2D eigenvalue weighted by atomic mass is 9.86. The standard InChI is InChI=1S/C25H21N/c1-2-19-11-8-14-24(25(19)21-15-17-26-18-16-21)23-13-7-6-12-22(23)20-9-4-3-5-10-20/h3-18H,2H2,1H3. The average Bonchev–Trinajstić information content (AvgIpc) is 2.74. The Morgan fingerprint density at radius 3 is 1.96 bits per heavy atom. The zero-order chi connectivity index (χ0) is 17.8. The second-order valence-electron chi connectivity index (χ2n) is 6.34. The molecule has 1 nitrogen and oxygen atoms in total. The van der Waals surface area contributed by atoms with Gasteiger partial charge in [-0.1, -0.05) is 79.7 Å². The molecule has 0 atom stereocenters. The highest BCUT2D eigenvalue weighted by molar-refractivity contribution is 5.92. The van der Waals surface area contributed by atoms with Gasteiger partial charge in [0.05, 0.1) is 0 Å². The van der Waals surface area contributed by atoms with E-state index in [0.717, 1.165) is 6.42 Å². The molecule has 4 aromatic rings. The van der Waals surface area contributed by atoms with Gasteiger partial charge in [-0.2, -0.15) is 0 Å². The van der Waals surface area contributed by atoms with E-state index in [-0.39, 0.29) is 0 Å². The molecule has 0 spiro atoms. The molecule has 0 saturated heterocycles. The number of aryl methyl sites for hydroxylation is 1. The van der Waals surface area contributed by atoms with E-state index < -0.39 is 0 Å². The van der Waals surface area contributed by atoms with Gasteiger partial charge in [0.2, 0.25) is 0 Å². The van der Waals surface area contributed by atoms with Crippen LogP contribution in [0.2, 0.25) is 0 Å². The summed E-state index contributed by atoms with van der Waals surface area (Å²) >= 11 is 0. The fraction of sp³-hybridized carbons (Fsp3) is 0.0800. The SMILES string of the molecule is CCc1cccc(-c2ccccc2-c2ccccc2)c1-c1ccncc1. The van der Waals surface area contributed by atoms with Gasteiger partial charge in [-0.15, -0.1) is 0 Å². The molecule has 26 heavy (non-hydrogen) atoms. The molecule has 0 unspecified atom stereocenters. The first-order valence-electron chi connectivity index (χ1n) is 9.05. The minimum Gasteiger partial charge on any atom is -0.265 e. The van der Waals surface area contributed by atoms with Gasteiger partial charge in [-0.05, 0) is 57.5 Å². The molecule has 4 rings (SSSR count). The predicted molar refractivity (Wildman–Crippen MR) is 110 cm³/mol. The fourth-order valence-electron chi connectivity index (χ4n) is 3.57. The topological polar surface area (TPSA) is 12.9 Å². The summed E-state index contributed by atoms with van der Waals surface area (Å²) < 4.78 is 0.